The molecule has 72 heavy (non-hydrogen) atoms. The largest absolute Gasteiger partial charge is 0.311 e. The van der Waals surface area contributed by atoms with E-state index in [0.717, 1.165) is 79.6 Å². The Bertz CT molecular complexity index is 3470. The molecule has 0 spiro atoms. The van der Waals surface area contributed by atoms with Crippen molar-refractivity contribution in [2.24, 2.45) is 0 Å². The van der Waals surface area contributed by atoms with Gasteiger partial charge in [-0.2, -0.15) is 0 Å². The van der Waals surface area contributed by atoms with Crippen molar-refractivity contribution < 1.29 is 19.2 Å². The minimum atomic E-state index is -0.239. The minimum absolute atomic E-state index is 0.186. The summed E-state index contributed by atoms with van der Waals surface area (Å²) in [5, 5.41) is 3.75. The van der Waals surface area contributed by atoms with E-state index >= 15 is 0 Å². The number of allylic oxidation sites excluding steroid dienone is 2. The number of benzene rings is 10. The van der Waals surface area contributed by atoms with Gasteiger partial charge < -0.3 is 9.80 Å². The normalized spacial score (nSPS) is 12.9. The maximum absolute atomic E-state index is 13.5. The van der Waals surface area contributed by atoms with Crippen molar-refractivity contribution in [3.63, 3.8) is 0 Å². The van der Waals surface area contributed by atoms with Crippen LogP contribution in [0.25, 0.3) is 33.7 Å². The van der Waals surface area contributed by atoms with E-state index in [-0.39, 0.29) is 34.3 Å². The summed E-state index contributed by atoms with van der Waals surface area (Å²) in [5.41, 5.74) is 12.1. The lowest BCUT2D eigenvalue weighted by Crippen LogP contribution is -2.10. The van der Waals surface area contributed by atoms with Crippen LogP contribution >= 0.6 is 0 Å². The summed E-state index contributed by atoms with van der Waals surface area (Å²) >= 11 is 0. The van der Waals surface area contributed by atoms with Crippen molar-refractivity contribution in [2.75, 3.05) is 9.80 Å². The van der Waals surface area contributed by atoms with Gasteiger partial charge in [0.15, 0.2) is 23.1 Å². The summed E-state index contributed by atoms with van der Waals surface area (Å²) < 4.78 is 0. The topological polar surface area (TPSA) is 74.8 Å². The number of hydrogen-bond donors (Lipinski definition) is 0. The second kappa shape index (κ2) is 18.4. The predicted octanol–water partition coefficient (Wildman–Crippen LogP) is 15.6. The molecule has 0 amide bonds. The zero-order valence-corrected chi connectivity index (χ0v) is 39.0. The lowest BCUT2D eigenvalue weighted by atomic mass is 10.0. The number of ketones is 4. The molecule has 342 valence electrons. The maximum atomic E-state index is 13.5. The number of hydrogen-bond acceptors (Lipinski definition) is 6. The number of Topliss-reactive ketones (excluding diaryl/α,β-unsaturated/α-hetero) is 4. The Morgan fingerprint density at radius 1 is 0.278 bits per heavy atom. The van der Waals surface area contributed by atoms with Gasteiger partial charge in [-0.3, -0.25) is 19.2 Å². The number of carbonyl (C=O) groups is 4. The summed E-state index contributed by atoms with van der Waals surface area (Å²) in [4.78, 5) is 58.3. The van der Waals surface area contributed by atoms with Crippen molar-refractivity contribution in [1.29, 1.82) is 0 Å². The average molecular weight is 929 g/mol. The molecule has 0 saturated carbocycles. The molecular formula is C66H44N2O4. The third kappa shape index (κ3) is 8.21. The Labute approximate surface area is 417 Å². The van der Waals surface area contributed by atoms with Crippen LogP contribution < -0.4 is 9.80 Å². The Balaban J connectivity index is 0.739. The Morgan fingerprint density at radius 3 is 0.819 bits per heavy atom. The summed E-state index contributed by atoms with van der Waals surface area (Å²) in [6, 6.07) is 76.6. The number of fused-ring (bicyclic) bond motifs is 4. The van der Waals surface area contributed by atoms with E-state index in [4.69, 9.17) is 0 Å². The van der Waals surface area contributed by atoms with E-state index in [0.29, 0.717) is 22.3 Å². The number of para-hydroxylation sites is 2. The standard InChI is InChI=1S/C66H44N2O4/c69-63-57-39-47-11-7-8-12-48(47)40-58(57)64(70)61(63)37-45-25-33-55(34-26-45)67(51-15-3-1-4-16-51)53-29-21-43(22-30-53)19-20-44-23-31-54(32-24-44)68(52-17-5-2-6-18-52)56-35-27-46(28-36-56)38-62-65(71)59-41-49-13-9-10-14-50(49)42-60(59)66(62)72/h1-18,21-42H,19-20H2. The van der Waals surface area contributed by atoms with Crippen LogP contribution in [0.2, 0.25) is 0 Å². The monoisotopic (exact) mass is 928 g/mol. The summed E-state index contributed by atoms with van der Waals surface area (Å²) in [5.74, 6) is -0.954. The van der Waals surface area contributed by atoms with Gasteiger partial charge in [0.05, 0.1) is 11.1 Å². The van der Waals surface area contributed by atoms with Gasteiger partial charge in [0.1, 0.15) is 0 Å². The maximum Gasteiger partial charge on any atom is 0.197 e. The Morgan fingerprint density at radius 2 is 0.528 bits per heavy atom. The molecular weight excluding hydrogens is 885 g/mol. The van der Waals surface area contributed by atoms with E-state index in [1.807, 2.05) is 158 Å². The van der Waals surface area contributed by atoms with Crippen molar-refractivity contribution in [3.8, 4) is 0 Å². The SMILES string of the molecule is O=C1C(=Cc2ccc(N(c3ccccc3)c3ccc(CCc4ccc(N(c5ccccc5)c5ccc(C=C6C(=O)c7cc8ccccc8cc7C6=O)cc5)cc4)cc3)cc2)C(=O)c2cc3ccccc3cc21. The zero-order chi connectivity index (χ0) is 48.7. The molecule has 12 rings (SSSR count). The highest BCUT2D eigenvalue weighted by Gasteiger charge is 2.34. The molecule has 2 aliphatic carbocycles. The molecule has 0 bridgehead atoms. The molecule has 6 nitrogen and oxygen atoms in total. The molecule has 2 aliphatic rings. The van der Waals surface area contributed by atoms with Gasteiger partial charge in [-0.25, -0.2) is 0 Å². The first-order valence-electron chi connectivity index (χ1n) is 24.1. The Kier molecular flexibility index (Phi) is 11.2. The molecule has 0 N–H and O–H groups in total. The van der Waals surface area contributed by atoms with Crippen LogP contribution in [0, 0.1) is 0 Å². The van der Waals surface area contributed by atoms with E-state index in [2.05, 4.69) is 82.6 Å². The van der Waals surface area contributed by atoms with Gasteiger partial charge in [-0.1, -0.05) is 133 Å². The van der Waals surface area contributed by atoms with Crippen LogP contribution in [0.15, 0.2) is 242 Å². The minimum Gasteiger partial charge on any atom is -0.311 e. The van der Waals surface area contributed by atoms with Crippen LogP contribution in [0.1, 0.15) is 63.7 Å². The molecule has 0 atom stereocenters. The Hall–Kier alpha value is -9.52. The number of rotatable bonds is 11. The predicted molar refractivity (Wildman–Crippen MR) is 291 cm³/mol. The van der Waals surface area contributed by atoms with E-state index < -0.39 is 0 Å². The third-order valence-corrected chi connectivity index (χ3v) is 13.8. The number of aryl methyl sites for hydroxylation is 2. The van der Waals surface area contributed by atoms with Crippen LogP contribution in [0.3, 0.4) is 0 Å². The van der Waals surface area contributed by atoms with Gasteiger partial charge in [-0.05, 0) is 166 Å². The van der Waals surface area contributed by atoms with E-state index in [1.54, 1.807) is 12.2 Å². The van der Waals surface area contributed by atoms with Crippen LogP contribution in [-0.2, 0) is 12.8 Å². The van der Waals surface area contributed by atoms with E-state index in [9.17, 15) is 19.2 Å². The third-order valence-electron chi connectivity index (χ3n) is 13.8. The lowest BCUT2D eigenvalue weighted by molar-refractivity contribution is 0.0975. The first-order chi connectivity index (χ1) is 35.3. The highest BCUT2D eigenvalue weighted by Crippen LogP contribution is 2.39. The molecule has 10 aromatic carbocycles. The van der Waals surface area contributed by atoms with Gasteiger partial charge in [-0.15, -0.1) is 0 Å². The van der Waals surface area contributed by atoms with Gasteiger partial charge in [0.2, 0.25) is 0 Å². The molecule has 0 saturated heterocycles. The lowest BCUT2D eigenvalue weighted by Gasteiger charge is -2.26. The molecule has 0 radical (unpaired) electrons. The van der Waals surface area contributed by atoms with Gasteiger partial charge in [0.25, 0.3) is 0 Å². The van der Waals surface area contributed by atoms with E-state index in [1.165, 1.54) is 11.1 Å². The number of nitrogens with zero attached hydrogens (tertiary/aromatic N) is 2. The van der Waals surface area contributed by atoms with Crippen molar-refractivity contribution in [3.05, 3.63) is 286 Å². The van der Waals surface area contributed by atoms with Crippen LogP contribution in [-0.4, -0.2) is 23.1 Å². The molecule has 0 unspecified atom stereocenters. The number of anilines is 6. The van der Waals surface area contributed by atoms with Crippen molar-refractivity contribution >= 4 is 91.0 Å². The summed E-state index contributed by atoms with van der Waals surface area (Å²) in [7, 11) is 0. The highest BCUT2D eigenvalue weighted by atomic mass is 16.2. The fraction of sp³-hybridized carbons (Fsp3) is 0.0303. The fourth-order valence-corrected chi connectivity index (χ4v) is 10.0. The first-order valence-corrected chi connectivity index (χ1v) is 24.1. The van der Waals surface area contributed by atoms with Crippen LogP contribution in [0.5, 0.6) is 0 Å². The molecule has 6 heteroatoms. The average Bonchev–Trinajstić information content (AvgIpc) is 3.79. The molecule has 10 aromatic rings. The highest BCUT2D eigenvalue weighted by molar-refractivity contribution is 6.43. The fourth-order valence-electron chi connectivity index (χ4n) is 10.0. The first kappa shape index (κ1) is 43.7. The second-order valence-corrected chi connectivity index (χ2v) is 18.3. The molecule has 0 heterocycles. The summed E-state index contributed by atoms with van der Waals surface area (Å²) in [6.07, 6.45) is 5.13. The zero-order valence-electron chi connectivity index (χ0n) is 39.0. The van der Waals surface area contributed by atoms with Crippen molar-refractivity contribution in [2.45, 2.75) is 12.8 Å². The van der Waals surface area contributed by atoms with Crippen molar-refractivity contribution in [1.82, 2.24) is 0 Å². The quantitative estimate of drug-likeness (QED) is 0.0950. The second-order valence-electron chi connectivity index (χ2n) is 18.3. The smallest absolute Gasteiger partial charge is 0.197 e. The molecule has 0 aliphatic heterocycles. The number of carbonyl (C=O) groups excluding carboxylic acids is 4. The molecule has 0 fully saturated rings. The van der Waals surface area contributed by atoms with Gasteiger partial charge >= 0.3 is 0 Å². The van der Waals surface area contributed by atoms with Crippen LogP contribution in [0.4, 0.5) is 34.1 Å². The molecule has 0 aromatic heterocycles. The summed E-state index contributed by atoms with van der Waals surface area (Å²) in [6.45, 7) is 0. The van der Waals surface area contributed by atoms with Gasteiger partial charge in [0, 0.05) is 56.4 Å².